The van der Waals surface area contributed by atoms with Gasteiger partial charge in [0, 0.05) is 24.1 Å². The van der Waals surface area contributed by atoms with E-state index in [1.807, 2.05) is 31.2 Å². The third-order valence-electron chi connectivity index (χ3n) is 3.88. The minimum Gasteiger partial charge on any atom is -0.497 e. The predicted molar refractivity (Wildman–Crippen MR) is 97.8 cm³/mol. The number of methoxy groups -OCH3 is 1. The van der Waals surface area contributed by atoms with Gasteiger partial charge in [0.25, 0.3) is 5.91 Å². The Labute approximate surface area is 150 Å². The van der Waals surface area contributed by atoms with Gasteiger partial charge >= 0.3 is 5.63 Å². The van der Waals surface area contributed by atoms with Gasteiger partial charge in [-0.3, -0.25) is 4.79 Å². The maximum atomic E-state index is 12.6. The molecule has 0 unspecified atom stereocenters. The number of rotatable bonds is 6. The Hall–Kier alpha value is -3.28. The number of carbonyl (C=O) groups is 1. The van der Waals surface area contributed by atoms with Crippen LogP contribution in [0.25, 0.3) is 11.0 Å². The molecule has 0 atom stereocenters. The largest absolute Gasteiger partial charge is 0.497 e. The van der Waals surface area contributed by atoms with Crippen molar-refractivity contribution in [2.45, 2.75) is 13.5 Å². The predicted octanol–water partition coefficient (Wildman–Crippen LogP) is 3.13. The molecule has 134 valence electrons. The van der Waals surface area contributed by atoms with E-state index >= 15 is 0 Å². The van der Waals surface area contributed by atoms with Crippen LogP contribution in [-0.4, -0.2) is 19.6 Å². The lowest BCUT2D eigenvalue weighted by atomic mass is 10.1. The van der Waals surface area contributed by atoms with Crippen molar-refractivity contribution in [1.29, 1.82) is 0 Å². The standard InChI is InChI=1S/C20H19NO5/c1-3-25-15-8-9-16-17(11-19(22)26-18(16)10-15)20(23)21-12-13-4-6-14(24-2)7-5-13/h4-11H,3,12H2,1-2H3,(H,21,23). The van der Waals surface area contributed by atoms with Crippen molar-refractivity contribution in [3.05, 3.63) is 70.1 Å². The van der Waals surface area contributed by atoms with Gasteiger partial charge in [-0.2, -0.15) is 0 Å². The first-order valence-corrected chi connectivity index (χ1v) is 8.22. The minimum absolute atomic E-state index is 0.271. The molecular weight excluding hydrogens is 334 g/mol. The van der Waals surface area contributed by atoms with Crippen molar-refractivity contribution in [1.82, 2.24) is 5.32 Å². The van der Waals surface area contributed by atoms with Crippen LogP contribution >= 0.6 is 0 Å². The molecule has 0 saturated heterocycles. The van der Waals surface area contributed by atoms with Crippen LogP contribution in [0.1, 0.15) is 22.8 Å². The fourth-order valence-electron chi connectivity index (χ4n) is 2.61. The molecule has 0 saturated carbocycles. The zero-order chi connectivity index (χ0) is 18.5. The van der Waals surface area contributed by atoms with Crippen LogP contribution in [0, 0.1) is 0 Å². The Morgan fingerprint density at radius 2 is 1.81 bits per heavy atom. The summed E-state index contributed by atoms with van der Waals surface area (Å²) in [4.78, 5) is 24.4. The smallest absolute Gasteiger partial charge is 0.337 e. The van der Waals surface area contributed by atoms with Gasteiger partial charge in [0.1, 0.15) is 17.1 Å². The SMILES string of the molecule is CCOc1ccc2c(C(=O)NCc3ccc(OC)cc3)cc(=O)oc2c1. The summed E-state index contributed by atoms with van der Waals surface area (Å²) in [6.45, 7) is 2.70. The third kappa shape index (κ3) is 3.85. The Morgan fingerprint density at radius 3 is 2.50 bits per heavy atom. The molecule has 1 amide bonds. The summed E-state index contributed by atoms with van der Waals surface area (Å²) in [7, 11) is 1.60. The number of hydrogen-bond acceptors (Lipinski definition) is 5. The van der Waals surface area contributed by atoms with Crippen molar-refractivity contribution in [2.24, 2.45) is 0 Å². The summed E-state index contributed by atoms with van der Waals surface area (Å²) in [5.74, 6) is 0.985. The van der Waals surface area contributed by atoms with E-state index in [0.29, 0.717) is 29.9 Å². The number of carbonyl (C=O) groups excluding carboxylic acids is 1. The summed E-state index contributed by atoms with van der Waals surface area (Å²) in [5.41, 5.74) is 0.927. The van der Waals surface area contributed by atoms with Crippen LogP contribution in [0.4, 0.5) is 0 Å². The summed E-state index contributed by atoms with van der Waals surface area (Å²) in [6.07, 6.45) is 0. The van der Waals surface area contributed by atoms with Gasteiger partial charge in [-0.25, -0.2) is 4.79 Å². The van der Waals surface area contributed by atoms with Gasteiger partial charge in [0.05, 0.1) is 19.3 Å². The van der Waals surface area contributed by atoms with Crippen molar-refractivity contribution >= 4 is 16.9 Å². The molecule has 1 N–H and O–H groups in total. The highest BCUT2D eigenvalue weighted by molar-refractivity contribution is 6.05. The van der Waals surface area contributed by atoms with E-state index in [4.69, 9.17) is 13.9 Å². The summed E-state index contributed by atoms with van der Waals surface area (Å²) < 4.78 is 15.7. The van der Waals surface area contributed by atoms with Crippen LogP contribution < -0.4 is 20.4 Å². The number of nitrogens with one attached hydrogen (secondary N) is 1. The molecule has 0 aliphatic heterocycles. The van der Waals surface area contributed by atoms with E-state index in [-0.39, 0.29) is 11.5 Å². The maximum absolute atomic E-state index is 12.6. The van der Waals surface area contributed by atoms with Crippen LogP contribution in [0.3, 0.4) is 0 Å². The highest BCUT2D eigenvalue weighted by atomic mass is 16.5. The lowest BCUT2D eigenvalue weighted by molar-refractivity contribution is 0.0952. The summed E-state index contributed by atoms with van der Waals surface area (Å²) in [5, 5.41) is 3.38. The van der Waals surface area contributed by atoms with E-state index in [1.165, 1.54) is 6.07 Å². The van der Waals surface area contributed by atoms with Gasteiger partial charge in [0.15, 0.2) is 0 Å². The lowest BCUT2D eigenvalue weighted by Crippen LogP contribution is -2.24. The van der Waals surface area contributed by atoms with Gasteiger partial charge in [-0.05, 0) is 36.8 Å². The summed E-state index contributed by atoms with van der Waals surface area (Å²) >= 11 is 0. The van der Waals surface area contributed by atoms with Crippen LogP contribution in [0.15, 0.2) is 57.7 Å². The molecule has 0 spiro atoms. The maximum Gasteiger partial charge on any atom is 0.337 e. The van der Waals surface area contributed by atoms with Crippen LogP contribution in [0.2, 0.25) is 0 Å². The van der Waals surface area contributed by atoms with E-state index < -0.39 is 5.63 Å². The molecule has 0 aliphatic carbocycles. The zero-order valence-corrected chi connectivity index (χ0v) is 14.6. The van der Waals surface area contributed by atoms with Crippen molar-refractivity contribution in [2.75, 3.05) is 13.7 Å². The van der Waals surface area contributed by atoms with Gasteiger partial charge in [-0.15, -0.1) is 0 Å². The molecule has 0 fully saturated rings. The monoisotopic (exact) mass is 353 g/mol. The Balaban J connectivity index is 1.83. The van der Waals surface area contributed by atoms with Gasteiger partial charge in [0.2, 0.25) is 0 Å². The fraction of sp³-hybridized carbons (Fsp3) is 0.200. The molecule has 3 aromatic rings. The highest BCUT2D eigenvalue weighted by Gasteiger charge is 2.14. The van der Waals surface area contributed by atoms with E-state index in [9.17, 15) is 9.59 Å². The molecule has 1 heterocycles. The van der Waals surface area contributed by atoms with Crippen molar-refractivity contribution in [3.8, 4) is 11.5 Å². The first kappa shape index (κ1) is 17.5. The molecule has 2 aromatic carbocycles. The number of fused-ring (bicyclic) bond motifs is 1. The minimum atomic E-state index is -0.583. The lowest BCUT2D eigenvalue weighted by Gasteiger charge is -2.09. The van der Waals surface area contributed by atoms with Crippen LogP contribution in [-0.2, 0) is 6.54 Å². The quantitative estimate of drug-likeness (QED) is 0.689. The second-order valence-electron chi connectivity index (χ2n) is 5.60. The van der Waals surface area contributed by atoms with E-state index in [1.54, 1.807) is 25.3 Å². The number of amides is 1. The van der Waals surface area contributed by atoms with Gasteiger partial charge < -0.3 is 19.2 Å². The third-order valence-corrected chi connectivity index (χ3v) is 3.88. The molecular formula is C20H19NO5. The first-order valence-electron chi connectivity index (χ1n) is 8.22. The first-order chi connectivity index (χ1) is 12.6. The van der Waals surface area contributed by atoms with Gasteiger partial charge in [-0.1, -0.05) is 12.1 Å². The molecule has 3 rings (SSSR count). The highest BCUT2D eigenvalue weighted by Crippen LogP contribution is 2.23. The average Bonchev–Trinajstić information content (AvgIpc) is 2.65. The molecule has 1 aromatic heterocycles. The van der Waals surface area contributed by atoms with Crippen LogP contribution in [0.5, 0.6) is 11.5 Å². The molecule has 6 nitrogen and oxygen atoms in total. The average molecular weight is 353 g/mol. The van der Waals surface area contributed by atoms with E-state index in [2.05, 4.69) is 5.32 Å². The number of ether oxygens (including phenoxy) is 2. The second kappa shape index (κ2) is 7.74. The molecule has 0 bridgehead atoms. The summed E-state index contributed by atoms with van der Waals surface area (Å²) in [6, 6.07) is 13.6. The number of hydrogen-bond donors (Lipinski definition) is 1. The molecule has 6 heteroatoms. The topological polar surface area (TPSA) is 77.8 Å². The van der Waals surface area contributed by atoms with Crippen molar-refractivity contribution in [3.63, 3.8) is 0 Å². The zero-order valence-electron chi connectivity index (χ0n) is 14.6. The molecule has 26 heavy (non-hydrogen) atoms. The normalized spacial score (nSPS) is 10.5. The Bertz CT molecular complexity index is 976. The van der Waals surface area contributed by atoms with E-state index in [0.717, 1.165) is 11.3 Å². The fourth-order valence-corrected chi connectivity index (χ4v) is 2.61. The Morgan fingerprint density at radius 1 is 1.08 bits per heavy atom. The second-order valence-corrected chi connectivity index (χ2v) is 5.60. The molecule has 0 radical (unpaired) electrons. The Kier molecular flexibility index (Phi) is 5.22. The number of benzene rings is 2. The molecule has 0 aliphatic rings. The van der Waals surface area contributed by atoms with Crippen molar-refractivity contribution < 1.29 is 18.7 Å².